The van der Waals surface area contributed by atoms with E-state index in [2.05, 4.69) is 21.0 Å². The van der Waals surface area contributed by atoms with Crippen LogP contribution in [0.4, 0.5) is 0 Å². The molecule has 80 valence electrons. The molecular formula is C10H17BrN2O. The highest BCUT2D eigenvalue weighted by Crippen LogP contribution is 2.21. The summed E-state index contributed by atoms with van der Waals surface area (Å²) in [5.74, 6) is 0. The van der Waals surface area contributed by atoms with Gasteiger partial charge < -0.3 is 5.11 Å². The Hall–Kier alpha value is -0.350. The predicted octanol–water partition coefficient (Wildman–Crippen LogP) is 2.19. The molecule has 1 aromatic rings. The maximum absolute atomic E-state index is 9.14. The molecule has 14 heavy (non-hydrogen) atoms. The fourth-order valence-corrected chi connectivity index (χ4v) is 2.05. The van der Waals surface area contributed by atoms with E-state index in [4.69, 9.17) is 5.11 Å². The van der Waals surface area contributed by atoms with Gasteiger partial charge in [0, 0.05) is 7.05 Å². The largest absolute Gasteiger partial charge is 0.393 e. The number of aliphatic hydroxyl groups is 1. The predicted molar refractivity (Wildman–Crippen MR) is 60.3 cm³/mol. The Balaban J connectivity index is 2.58. The van der Waals surface area contributed by atoms with E-state index in [1.54, 1.807) is 0 Å². The van der Waals surface area contributed by atoms with Crippen LogP contribution in [0.1, 0.15) is 31.2 Å². The summed E-state index contributed by atoms with van der Waals surface area (Å²) in [5.41, 5.74) is 2.24. The van der Waals surface area contributed by atoms with E-state index >= 15 is 0 Å². The van der Waals surface area contributed by atoms with E-state index in [1.807, 2.05) is 25.6 Å². The lowest BCUT2D eigenvalue weighted by Crippen LogP contribution is -2.03. The standard InChI is InChI=1S/C10H17BrN2O/c1-7(14)5-4-6-9-10(11)8(2)12-13(9)3/h7,14H,4-6H2,1-3H3. The van der Waals surface area contributed by atoms with E-state index in [0.717, 1.165) is 29.4 Å². The second kappa shape index (κ2) is 4.94. The van der Waals surface area contributed by atoms with Crippen LogP contribution in [0.25, 0.3) is 0 Å². The van der Waals surface area contributed by atoms with Gasteiger partial charge >= 0.3 is 0 Å². The molecule has 0 spiro atoms. The van der Waals surface area contributed by atoms with Crippen molar-refractivity contribution in [2.24, 2.45) is 7.05 Å². The molecule has 0 amide bonds. The second-order valence-electron chi connectivity index (χ2n) is 3.71. The van der Waals surface area contributed by atoms with Crippen LogP contribution in [-0.2, 0) is 13.5 Å². The van der Waals surface area contributed by atoms with Crippen molar-refractivity contribution in [2.75, 3.05) is 0 Å². The molecule has 0 aliphatic carbocycles. The molecule has 0 bridgehead atoms. The van der Waals surface area contributed by atoms with Gasteiger partial charge in [-0.3, -0.25) is 4.68 Å². The average molecular weight is 261 g/mol. The summed E-state index contributed by atoms with van der Waals surface area (Å²) >= 11 is 3.52. The summed E-state index contributed by atoms with van der Waals surface area (Å²) in [6.07, 6.45) is 2.59. The van der Waals surface area contributed by atoms with Crippen LogP contribution in [0.2, 0.25) is 0 Å². The summed E-state index contributed by atoms with van der Waals surface area (Å²) in [4.78, 5) is 0. The molecule has 3 nitrogen and oxygen atoms in total. The van der Waals surface area contributed by atoms with E-state index < -0.39 is 0 Å². The second-order valence-corrected chi connectivity index (χ2v) is 4.50. The van der Waals surface area contributed by atoms with Gasteiger partial charge in [-0.1, -0.05) is 0 Å². The van der Waals surface area contributed by atoms with Crippen LogP contribution < -0.4 is 0 Å². The van der Waals surface area contributed by atoms with Crippen LogP contribution in [0, 0.1) is 6.92 Å². The molecule has 0 saturated carbocycles. The van der Waals surface area contributed by atoms with Crippen LogP contribution in [-0.4, -0.2) is 21.0 Å². The number of rotatable bonds is 4. The fourth-order valence-electron chi connectivity index (χ4n) is 1.52. The van der Waals surface area contributed by atoms with Gasteiger partial charge in [0.15, 0.2) is 0 Å². The van der Waals surface area contributed by atoms with Gasteiger partial charge in [-0.05, 0) is 49.0 Å². The molecule has 1 N–H and O–H groups in total. The highest BCUT2D eigenvalue weighted by Gasteiger charge is 2.10. The highest BCUT2D eigenvalue weighted by atomic mass is 79.9. The number of aryl methyl sites for hydroxylation is 2. The third-order valence-corrected chi connectivity index (χ3v) is 3.33. The SMILES string of the molecule is Cc1nn(C)c(CCCC(C)O)c1Br. The topological polar surface area (TPSA) is 38.0 Å². The first-order valence-electron chi connectivity index (χ1n) is 4.88. The molecule has 0 saturated heterocycles. The molecule has 0 aliphatic rings. The molecule has 0 fully saturated rings. The van der Waals surface area contributed by atoms with Gasteiger partial charge in [-0.2, -0.15) is 5.10 Å². The van der Waals surface area contributed by atoms with Crippen molar-refractivity contribution in [2.45, 2.75) is 39.2 Å². The van der Waals surface area contributed by atoms with Crippen LogP contribution in [0.5, 0.6) is 0 Å². The number of nitrogens with zero attached hydrogens (tertiary/aromatic N) is 2. The molecular weight excluding hydrogens is 244 g/mol. The van der Waals surface area contributed by atoms with Gasteiger partial charge in [-0.15, -0.1) is 0 Å². The lowest BCUT2D eigenvalue weighted by Gasteiger charge is -2.04. The van der Waals surface area contributed by atoms with Gasteiger partial charge in [0.05, 0.1) is 22.0 Å². The Morgan fingerprint density at radius 2 is 2.21 bits per heavy atom. The van der Waals surface area contributed by atoms with Crippen molar-refractivity contribution in [3.05, 3.63) is 15.9 Å². The number of hydrogen-bond donors (Lipinski definition) is 1. The van der Waals surface area contributed by atoms with Crippen LogP contribution >= 0.6 is 15.9 Å². The maximum atomic E-state index is 9.14. The molecule has 1 heterocycles. The van der Waals surface area contributed by atoms with Crippen LogP contribution in [0.3, 0.4) is 0 Å². The zero-order chi connectivity index (χ0) is 10.7. The monoisotopic (exact) mass is 260 g/mol. The summed E-state index contributed by atoms with van der Waals surface area (Å²) in [6.45, 7) is 3.81. The first-order chi connectivity index (χ1) is 6.52. The molecule has 0 aromatic carbocycles. The quantitative estimate of drug-likeness (QED) is 0.902. The molecule has 1 atom stereocenters. The minimum atomic E-state index is -0.205. The van der Waals surface area contributed by atoms with E-state index in [0.29, 0.717) is 0 Å². The summed E-state index contributed by atoms with van der Waals surface area (Å²) in [5, 5.41) is 13.5. The molecule has 4 heteroatoms. The number of aromatic nitrogens is 2. The molecule has 1 aromatic heterocycles. The zero-order valence-electron chi connectivity index (χ0n) is 8.92. The van der Waals surface area contributed by atoms with Crippen molar-refractivity contribution < 1.29 is 5.11 Å². The van der Waals surface area contributed by atoms with Crippen molar-refractivity contribution >= 4 is 15.9 Å². The minimum absolute atomic E-state index is 0.205. The average Bonchev–Trinajstić information content (AvgIpc) is 2.31. The highest BCUT2D eigenvalue weighted by molar-refractivity contribution is 9.10. The lowest BCUT2D eigenvalue weighted by atomic mass is 10.1. The van der Waals surface area contributed by atoms with Crippen molar-refractivity contribution in [1.82, 2.24) is 9.78 Å². The van der Waals surface area contributed by atoms with Crippen molar-refractivity contribution in [3.63, 3.8) is 0 Å². The lowest BCUT2D eigenvalue weighted by molar-refractivity contribution is 0.181. The third kappa shape index (κ3) is 2.82. The molecule has 0 aliphatic heterocycles. The minimum Gasteiger partial charge on any atom is -0.393 e. The van der Waals surface area contributed by atoms with Crippen molar-refractivity contribution in [1.29, 1.82) is 0 Å². The van der Waals surface area contributed by atoms with E-state index in [1.165, 1.54) is 5.69 Å². The van der Waals surface area contributed by atoms with Crippen molar-refractivity contribution in [3.8, 4) is 0 Å². The first-order valence-corrected chi connectivity index (χ1v) is 5.67. The normalized spacial score (nSPS) is 13.2. The van der Waals surface area contributed by atoms with E-state index in [9.17, 15) is 0 Å². The number of aliphatic hydroxyl groups excluding tert-OH is 1. The Labute approximate surface area is 93.3 Å². The number of halogens is 1. The summed E-state index contributed by atoms with van der Waals surface area (Å²) in [6, 6.07) is 0. The Kier molecular flexibility index (Phi) is 4.13. The van der Waals surface area contributed by atoms with Gasteiger partial charge in [0.1, 0.15) is 0 Å². The molecule has 0 radical (unpaired) electrons. The van der Waals surface area contributed by atoms with Crippen LogP contribution in [0.15, 0.2) is 4.47 Å². The Bertz CT molecular complexity index is 307. The van der Waals surface area contributed by atoms with E-state index in [-0.39, 0.29) is 6.10 Å². The third-order valence-electron chi connectivity index (χ3n) is 2.30. The first kappa shape index (κ1) is 11.7. The number of hydrogen-bond acceptors (Lipinski definition) is 2. The summed E-state index contributed by atoms with van der Waals surface area (Å²) < 4.78 is 3.01. The zero-order valence-corrected chi connectivity index (χ0v) is 10.5. The summed E-state index contributed by atoms with van der Waals surface area (Å²) in [7, 11) is 1.95. The Morgan fingerprint density at radius 3 is 2.64 bits per heavy atom. The van der Waals surface area contributed by atoms with Gasteiger partial charge in [0.2, 0.25) is 0 Å². The van der Waals surface area contributed by atoms with Gasteiger partial charge in [0.25, 0.3) is 0 Å². The smallest absolute Gasteiger partial charge is 0.0738 e. The molecule has 1 unspecified atom stereocenters. The van der Waals surface area contributed by atoms with Gasteiger partial charge in [-0.25, -0.2) is 0 Å². The fraction of sp³-hybridized carbons (Fsp3) is 0.700. The maximum Gasteiger partial charge on any atom is 0.0738 e. The molecule has 1 rings (SSSR count). The Morgan fingerprint density at radius 1 is 1.57 bits per heavy atom.